The molecule has 0 aliphatic heterocycles. The predicted molar refractivity (Wildman–Crippen MR) is 131 cm³/mol. The van der Waals surface area contributed by atoms with Crippen LogP contribution in [0.2, 0.25) is 0 Å². The Morgan fingerprint density at radius 1 is 0.973 bits per heavy atom. The molecule has 14 heteroatoms. The van der Waals surface area contributed by atoms with E-state index < -0.39 is 35.7 Å². The Kier molecular flexibility index (Phi) is 19.3. The average molecular weight is 546 g/mol. The first-order chi connectivity index (χ1) is 16.7. The van der Waals surface area contributed by atoms with Gasteiger partial charge in [-0.05, 0) is 30.9 Å². The number of carboxylic acid groups (broad SMARTS) is 3. The number of aromatic amines is 3. The van der Waals surface area contributed by atoms with Crippen molar-refractivity contribution in [1.82, 2.24) is 15.0 Å². The number of hydrogen-bond donors (Lipinski definition) is 7. The van der Waals surface area contributed by atoms with Crippen LogP contribution in [0, 0.1) is 5.92 Å². The van der Waals surface area contributed by atoms with E-state index in [2.05, 4.69) is 9.97 Å². The summed E-state index contributed by atoms with van der Waals surface area (Å²) < 4.78 is 0. The third kappa shape index (κ3) is 17.5. The van der Waals surface area contributed by atoms with Crippen LogP contribution in [-0.4, -0.2) is 55.2 Å². The molecule has 0 aliphatic carbocycles. The van der Waals surface area contributed by atoms with Gasteiger partial charge in [0.1, 0.15) is 12.1 Å². The van der Waals surface area contributed by atoms with Crippen LogP contribution in [-0.2, 0) is 20.8 Å². The maximum atomic E-state index is 10.6. The number of para-hydroxylation sites is 1. The minimum Gasteiger partial charge on any atom is -0.550 e. The number of aliphatic carboxylic acids is 3. The van der Waals surface area contributed by atoms with Crippen LogP contribution in [0.3, 0.4) is 0 Å². The molecule has 3 rings (SSSR count). The van der Waals surface area contributed by atoms with Gasteiger partial charge in [0.05, 0.1) is 0 Å². The van der Waals surface area contributed by atoms with Crippen LogP contribution in [0.15, 0.2) is 52.3 Å². The summed E-state index contributed by atoms with van der Waals surface area (Å²) in [5.74, 6) is -2.61. The van der Waals surface area contributed by atoms with Gasteiger partial charge >= 0.3 is 69.0 Å². The summed E-state index contributed by atoms with van der Waals surface area (Å²) in [5.41, 5.74) is 11.8. The summed E-state index contributed by atoms with van der Waals surface area (Å²) in [6, 6.07) is 7.46. The first-order valence-electron chi connectivity index (χ1n) is 10.7. The number of carbonyl (C=O) groups excluding carboxylic acids is 1. The first-order valence-corrected chi connectivity index (χ1v) is 10.7. The number of benzene rings is 1. The summed E-state index contributed by atoms with van der Waals surface area (Å²) >= 11 is 0. The summed E-state index contributed by atoms with van der Waals surface area (Å²) in [7, 11) is 0. The molecule has 3 aromatic rings. The van der Waals surface area contributed by atoms with Crippen molar-refractivity contribution >= 4 is 28.8 Å². The van der Waals surface area contributed by atoms with Gasteiger partial charge in [-0.15, -0.1) is 0 Å². The SMILES string of the molecule is CC(=O)[O-].CC(C)CC(N)C(=O)O.NC(Cc1c[nH]c2ccccc12)C(=O)O.O=c1cc[nH]c(=O)[nH]1.[K+]. The number of nitrogens with one attached hydrogen (secondary N) is 3. The third-order valence-corrected chi connectivity index (χ3v) is 4.16. The monoisotopic (exact) mass is 545 g/mol. The second-order valence-corrected chi connectivity index (χ2v) is 7.87. The Bertz CT molecular complexity index is 1190. The van der Waals surface area contributed by atoms with Gasteiger partial charge in [0.25, 0.3) is 5.56 Å². The molecule has 0 spiro atoms. The molecule has 37 heavy (non-hydrogen) atoms. The van der Waals surface area contributed by atoms with Crippen LogP contribution in [0.4, 0.5) is 0 Å². The zero-order valence-electron chi connectivity index (χ0n) is 21.2. The van der Waals surface area contributed by atoms with E-state index in [0.29, 0.717) is 18.8 Å². The van der Waals surface area contributed by atoms with Crippen molar-refractivity contribution in [3.63, 3.8) is 0 Å². The number of aromatic nitrogens is 3. The molecular weight excluding hydrogens is 513 g/mol. The van der Waals surface area contributed by atoms with Crippen LogP contribution >= 0.6 is 0 Å². The molecule has 13 nitrogen and oxygen atoms in total. The second kappa shape index (κ2) is 19.5. The van der Waals surface area contributed by atoms with Gasteiger partial charge in [-0.3, -0.25) is 19.4 Å². The van der Waals surface area contributed by atoms with E-state index in [1.807, 2.05) is 49.3 Å². The number of carboxylic acids is 3. The number of fused-ring (bicyclic) bond motifs is 1. The van der Waals surface area contributed by atoms with Crippen LogP contribution in [0.5, 0.6) is 0 Å². The molecule has 1 aromatic carbocycles. The van der Waals surface area contributed by atoms with Crippen LogP contribution in [0.25, 0.3) is 10.9 Å². The number of nitrogens with two attached hydrogens (primary N) is 2. The van der Waals surface area contributed by atoms with Crippen molar-refractivity contribution in [3.05, 3.63) is 69.1 Å². The number of rotatable bonds is 6. The van der Waals surface area contributed by atoms with E-state index in [-0.39, 0.29) is 56.9 Å². The van der Waals surface area contributed by atoms with Gasteiger partial charge < -0.3 is 41.5 Å². The van der Waals surface area contributed by atoms with Crippen LogP contribution < -0.4 is 79.2 Å². The zero-order valence-corrected chi connectivity index (χ0v) is 24.3. The van der Waals surface area contributed by atoms with Gasteiger partial charge in [0.2, 0.25) is 0 Å². The van der Waals surface area contributed by atoms with Gasteiger partial charge in [0, 0.05) is 41.8 Å². The van der Waals surface area contributed by atoms with E-state index in [9.17, 15) is 19.2 Å². The van der Waals surface area contributed by atoms with E-state index in [1.54, 1.807) is 0 Å². The fraction of sp³-hybridized carbons (Fsp3) is 0.348. The maximum absolute atomic E-state index is 10.6. The summed E-state index contributed by atoms with van der Waals surface area (Å²) in [5, 5.41) is 26.9. The molecule has 0 radical (unpaired) electrons. The molecule has 2 atom stereocenters. The largest absolute Gasteiger partial charge is 1.00 e. The van der Waals surface area contributed by atoms with Gasteiger partial charge in [-0.25, -0.2) is 4.79 Å². The van der Waals surface area contributed by atoms with Crippen molar-refractivity contribution in [1.29, 1.82) is 0 Å². The van der Waals surface area contributed by atoms with Crippen molar-refractivity contribution in [2.24, 2.45) is 17.4 Å². The normalized spacial score (nSPS) is 11.2. The Labute approximate surface area is 255 Å². The molecule has 0 amide bonds. The molecule has 0 fully saturated rings. The minimum atomic E-state index is -1.08. The molecule has 0 aliphatic rings. The molecule has 2 unspecified atom stereocenters. The van der Waals surface area contributed by atoms with Crippen molar-refractivity contribution in [3.8, 4) is 0 Å². The van der Waals surface area contributed by atoms with E-state index in [0.717, 1.165) is 23.4 Å². The molecular formula is C23H32KN5O8. The second-order valence-electron chi connectivity index (χ2n) is 7.87. The fourth-order valence-electron chi connectivity index (χ4n) is 2.62. The molecule has 9 N–H and O–H groups in total. The molecule has 198 valence electrons. The maximum Gasteiger partial charge on any atom is 1.00 e. The molecule has 0 bridgehead atoms. The van der Waals surface area contributed by atoms with Crippen molar-refractivity contribution in [2.75, 3.05) is 0 Å². The van der Waals surface area contributed by atoms with E-state index in [1.165, 1.54) is 12.3 Å². The number of H-pyrrole nitrogens is 3. The summed E-state index contributed by atoms with van der Waals surface area (Å²) in [6.07, 6.45) is 4.00. The van der Waals surface area contributed by atoms with Gasteiger partial charge in [0.15, 0.2) is 0 Å². The number of carbonyl (C=O) groups is 3. The Hall–Kier alpha value is -2.59. The topological polar surface area (TPSA) is 248 Å². The van der Waals surface area contributed by atoms with E-state index in [4.69, 9.17) is 31.6 Å². The Balaban J connectivity index is 0. The molecule has 0 saturated heterocycles. The van der Waals surface area contributed by atoms with Crippen LogP contribution in [0.1, 0.15) is 32.8 Å². The quantitative estimate of drug-likeness (QED) is 0.150. The van der Waals surface area contributed by atoms with Crippen molar-refractivity contribution in [2.45, 2.75) is 45.7 Å². The summed E-state index contributed by atoms with van der Waals surface area (Å²) in [6.45, 7) is 4.87. The standard InChI is InChI=1S/C11H12N2O2.C6H13NO2.C4H4N2O2.C2H4O2.K/c12-9(11(14)15)5-7-6-13-10-4-2-1-3-8(7)10;1-4(2)3-5(7)6(8)9;7-3-1-2-5-4(8)6-3;1-2(3)4;/h1-4,6,9,13H,5,12H2,(H,14,15);4-5H,3,7H2,1-2H3,(H,8,9);1-2H,(H2,5,6,7,8);1H3,(H,3,4);/q;;;;+1/p-1. The zero-order chi connectivity index (χ0) is 27.8. The fourth-order valence-corrected chi connectivity index (χ4v) is 2.62. The van der Waals surface area contributed by atoms with E-state index >= 15 is 0 Å². The number of hydrogen-bond acceptors (Lipinski definition) is 8. The molecule has 0 saturated carbocycles. The minimum absolute atomic E-state index is 0. The average Bonchev–Trinajstić information content (AvgIpc) is 3.16. The first kappa shape index (κ1) is 36.6. The Morgan fingerprint density at radius 2 is 1.51 bits per heavy atom. The predicted octanol–water partition coefficient (Wildman–Crippen LogP) is -3.61. The third-order valence-electron chi connectivity index (χ3n) is 4.16. The Morgan fingerprint density at radius 3 is 1.92 bits per heavy atom. The van der Waals surface area contributed by atoms with Gasteiger partial charge in [-0.1, -0.05) is 32.0 Å². The molecule has 2 aromatic heterocycles. The van der Waals surface area contributed by atoms with Crippen molar-refractivity contribution < 1.29 is 81.1 Å². The van der Waals surface area contributed by atoms with Gasteiger partial charge in [-0.2, -0.15) is 0 Å². The molecule has 2 heterocycles. The smallest absolute Gasteiger partial charge is 0.550 e. The summed E-state index contributed by atoms with van der Waals surface area (Å²) in [4.78, 5) is 57.4.